The summed E-state index contributed by atoms with van der Waals surface area (Å²) >= 11 is 5.85. The number of carboxylic acids is 1. The third kappa shape index (κ3) is 6.40. The summed E-state index contributed by atoms with van der Waals surface area (Å²) in [5.74, 6) is 1.16. The first-order chi connectivity index (χ1) is 20.9. The number of benzene rings is 2. The molecule has 9 nitrogen and oxygen atoms in total. The predicted molar refractivity (Wildman–Crippen MR) is 161 cm³/mol. The van der Waals surface area contributed by atoms with Crippen molar-refractivity contribution >= 4 is 28.6 Å². The summed E-state index contributed by atoms with van der Waals surface area (Å²) < 4.78 is 24.1. The van der Waals surface area contributed by atoms with Crippen LogP contribution < -0.4 is 4.74 Å². The van der Waals surface area contributed by atoms with Crippen LogP contribution in [0.5, 0.6) is 5.88 Å². The van der Waals surface area contributed by atoms with Crippen LogP contribution in [0.15, 0.2) is 67.0 Å². The minimum absolute atomic E-state index is 0.0748. The highest BCUT2D eigenvalue weighted by molar-refractivity contribution is 6.30. The number of piperidine rings is 1. The van der Waals surface area contributed by atoms with Crippen molar-refractivity contribution in [1.29, 1.82) is 0 Å². The Balaban J connectivity index is 1.14. The zero-order valence-electron chi connectivity index (χ0n) is 23.8. The largest absolute Gasteiger partial charge is 0.478 e. The van der Waals surface area contributed by atoms with Crippen LogP contribution >= 0.6 is 11.6 Å². The summed E-state index contributed by atoms with van der Waals surface area (Å²) in [7, 11) is 0. The van der Waals surface area contributed by atoms with E-state index in [1.165, 1.54) is 6.07 Å². The summed E-state index contributed by atoms with van der Waals surface area (Å²) in [6.07, 6.45) is 5.58. The second-order valence-electron chi connectivity index (χ2n) is 10.7. The molecule has 3 aromatic heterocycles. The highest BCUT2D eigenvalue weighted by atomic mass is 35.5. The number of pyridine rings is 1. The van der Waals surface area contributed by atoms with Gasteiger partial charge in [0.25, 0.3) is 0 Å². The molecule has 1 aliphatic rings. The van der Waals surface area contributed by atoms with Crippen molar-refractivity contribution < 1.29 is 19.0 Å². The second kappa shape index (κ2) is 12.5. The molecule has 0 saturated carbocycles. The van der Waals surface area contributed by atoms with E-state index in [1.54, 1.807) is 42.6 Å². The highest BCUT2D eigenvalue weighted by Gasteiger charge is 2.24. The fourth-order valence-corrected chi connectivity index (χ4v) is 5.80. The van der Waals surface area contributed by atoms with E-state index >= 15 is 0 Å². The summed E-state index contributed by atoms with van der Waals surface area (Å²) in [6.45, 7) is 5.81. The SMILES string of the molecule is CCn1ccnc1Cn1c(CN2CCC(c3cccc(OCc4ccc(Cl)cc4F)n3)CC2)nc2ccc(C(=O)O)cc21. The van der Waals surface area contributed by atoms with Gasteiger partial charge in [0.15, 0.2) is 0 Å². The number of ether oxygens (including phenoxy) is 1. The number of fused-ring (bicyclic) bond motifs is 1. The van der Waals surface area contributed by atoms with Crippen LogP contribution in [0, 0.1) is 5.82 Å². The van der Waals surface area contributed by atoms with Gasteiger partial charge in [-0.2, -0.15) is 0 Å². The zero-order chi connectivity index (χ0) is 29.9. The number of aryl methyl sites for hydroxylation is 1. The molecule has 1 fully saturated rings. The molecule has 11 heteroatoms. The van der Waals surface area contributed by atoms with Gasteiger partial charge in [0, 0.05) is 47.2 Å². The first kappa shape index (κ1) is 28.8. The molecule has 6 rings (SSSR count). The van der Waals surface area contributed by atoms with Gasteiger partial charge < -0.3 is 19.0 Å². The molecule has 0 aliphatic carbocycles. The van der Waals surface area contributed by atoms with Crippen LogP contribution in [0.1, 0.15) is 58.9 Å². The lowest BCUT2D eigenvalue weighted by Crippen LogP contribution is -2.33. The number of aromatic nitrogens is 5. The molecule has 1 aliphatic heterocycles. The van der Waals surface area contributed by atoms with Gasteiger partial charge in [-0.3, -0.25) is 4.90 Å². The third-order valence-corrected chi connectivity index (χ3v) is 8.26. The molecule has 2 aromatic carbocycles. The molecular weight excluding hydrogens is 571 g/mol. The predicted octanol–water partition coefficient (Wildman–Crippen LogP) is 6.15. The van der Waals surface area contributed by atoms with Gasteiger partial charge in [-0.05, 0) is 69.3 Å². The average Bonchev–Trinajstić information content (AvgIpc) is 3.61. The lowest BCUT2D eigenvalue weighted by molar-refractivity contribution is 0.0697. The van der Waals surface area contributed by atoms with Crippen molar-refractivity contribution in [3.63, 3.8) is 0 Å². The quantitative estimate of drug-likeness (QED) is 0.205. The topological polar surface area (TPSA) is 98.3 Å². The van der Waals surface area contributed by atoms with Gasteiger partial charge in [-0.15, -0.1) is 0 Å². The second-order valence-corrected chi connectivity index (χ2v) is 11.2. The Morgan fingerprint density at radius 1 is 1.07 bits per heavy atom. The van der Waals surface area contributed by atoms with Crippen LogP contribution in [0.3, 0.4) is 0 Å². The molecule has 1 saturated heterocycles. The molecule has 0 atom stereocenters. The van der Waals surface area contributed by atoms with Crippen molar-refractivity contribution in [1.82, 2.24) is 29.0 Å². The normalized spacial score (nSPS) is 14.4. The molecule has 0 unspecified atom stereocenters. The van der Waals surface area contributed by atoms with Crippen LogP contribution in [-0.4, -0.2) is 53.2 Å². The molecular formula is C32H32ClFN6O3. The van der Waals surface area contributed by atoms with Gasteiger partial charge in [0.05, 0.1) is 29.7 Å². The fourth-order valence-electron chi connectivity index (χ4n) is 5.64. The number of hydrogen-bond donors (Lipinski definition) is 1. The molecule has 43 heavy (non-hydrogen) atoms. The number of likely N-dealkylation sites (tertiary alicyclic amines) is 1. The average molecular weight is 603 g/mol. The monoisotopic (exact) mass is 602 g/mol. The van der Waals surface area contributed by atoms with E-state index in [0.717, 1.165) is 60.9 Å². The summed E-state index contributed by atoms with van der Waals surface area (Å²) in [5.41, 5.74) is 3.18. The molecule has 0 spiro atoms. The van der Waals surface area contributed by atoms with Crippen LogP contribution in [-0.2, 0) is 26.2 Å². The fraction of sp³-hybridized carbons (Fsp3) is 0.312. The summed E-state index contributed by atoms with van der Waals surface area (Å²) in [5, 5.41) is 9.94. The van der Waals surface area contributed by atoms with Crippen LogP contribution in [0.25, 0.3) is 11.0 Å². The Morgan fingerprint density at radius 2 is 1.91 bits per heavy atom. The molecule has 1 N–H and O–H groups in total. The number of imidazole rings is 2. The first-order valence-corrected chi connectivity index (χ1v) is 14.7. The number of hydrogen-bond acceptors (Lipinski definition) is 6. The first-order valence-electron chi connectivity index (χ1n) is 14.4. The Hall–Kier alpha value is -4.28. The van der Waals surface area contributed by atoms with Crippen molar-refractivity contribution in [2.45, 2.75) is 51.9 Å². The number of carbonyl (C=O) groups is 1. The maximum atomic E-state index is 14.2. The number of rotatable bonds is 10. The Kier molecular flexibility index (Phi) is 8.40. The van der Waals surface area contributed by atoms with E-state index in [2.05, 4.69) is 25.9 Å². The van der Waals surface area contributed by atoms with Crippen molar-refractivity contribution in [3.8, 4) is 5.88 Å². The van der Waals surface area contributed by atoms with Crippen molar-refractivity contribution in [2.24, 2.45) is 0 Å². The van der Waals surface area contributed by atoms with Crippen LogP contribution in [0.4, 0.5) is 4.39 Å². The van der Waals surface area contributed by atoms with Gasteiger partial charge >= 0.3 is 5.97 Å². The Morgan fingerprint density at radius 3 is 2.67 bits per heavy atom. The maximum absolute atomic E-state index is 14.2. The number of aromatic carboxylic acids is 1. The minimum Gasteiger partial charge on any atom is -0.478 e. The summed E-state index contributed by atoms with van der Waals surface area (Å²) in [4.78, 5) is 28.3. The number of halogens is 2. The molecule has 222 valence electrons. The van der Waals surface area contributed by atoms with Crippen molar-refractivity contribution in [3.05, 3.63) is 106 Å². The molecule has 0 bridgehead atoms. The lowest BCUT2D eigenvalue weighted by Gasteiger charge is -2.31. The van der Waals surface area contributed by atoms with E-state index in [9.17, 15) is 14.3 Å². The van der Waals surface area contributed by atoms with Gasteiger partial charge in [-0.1, -0.05) is 23.7 Å². The smallest absolute Gasteiger partial charge is 0.335 e. The standard InChI is InChI=1S/C32H32ClFN6O3/c1-2-39-15-12-35-29(39)19-40-28-16-22(32(41)42)7-9-27(28)36-30(40)18-38-13-10-21(11-14-38)26-4-3-5-31(37-26)43-20-23-6-8-24(33)17-25(23)34/h3-9,12,15-17,21H,2,10-11,13-14,18-20H2,1H3,(H,41,42). The number of carboxylic acid groups (broad SMARTS) is 1. The maximum Gasteiger partial charge on any atom is 0.335 e. The van der Waals surface area contributed by atoms with E-state index in [-0.39, 0.29) is 18.1 Å². The zero-order valence-corrected chi connectivity index (χ0v) is 24.5. The van der Waals surface area contributed by atoms with E-state index in [0.29, 0.717) is 29.6 Å². The Labute approximate surface area is 253 Å². The summed E-state index contributed by atoms with van der Waals surface area (Å²) in [6, 6.07) is 15.3. The number of nitrogens with zero attached hydrogens (tertiary/aromatic N) is 6. The van der Waals surface area contributed by atoms with E-state index in [4.69, 9.17) is 26.3 Å². The minimum atomic E-state index is -0.964. The van der Waals surface area contributed by atoms with Gasteiger partial charge in [0.1, 0.15) is 24.1 Å². The highest BCUT2D eigenvalue weighted by Crippen LogP contribution is 2.30. The van der Waals surface area contributed by atoms with Crippen molar-refractivity contribution in [2.75, 3.05) is 13.1 Å². The van der Waals surface area contributed by atoms with Gasteiger partial charge in [-0.25, -0.2) is 24.1 Å². The van der Waals surface area contributed by atoms with E-state index in [1.807, 2.05) is 18.3 Å². The van der Waals surface area contributed by atoms with Gasteiger partial charge in [0.2, 0.25) is 5.88 Å². The Bertz CT molecular complexity index is 1760. The molecule has 5 aromatic rings. The van der Waals surface area contributed by atoms with Crippen LogP contribution in [0.2, 0.25) is 5.02 Å². The lowest BCUT2D eigenvalue weighted by atomic mass is 9.93. The van der Waals surface area contributed by atoms with E-state index < -0.39 is 11.8 Å². The molecule has 0 amide bonds. The molecule has 0 radical (unpaired) electrons. The third-order valence-electron chi connectivity index (χ3n) is 8.02. The molecule has 4 heterocycles.